The molecule has 0 amide bonds. The quantitative estimate of drug-likeness (QED) is 0.528. The molecule has 0 spiro atoms. The first kappa shape index (κ1) is 7.35. The lowest BCUT2D eigenvalue weighted by Gasteiger charge is -2.08. The van der Waals surface area contributed by atoms with Crippen molar-refractivity contribution in [2.75, 3.05) is 0 Å². The highest BCUT2D eigenvalue weighted by atomic mass is 14.7. The van der Waals surface area contributed by atoms with Gasteiger partial charge in [-0.1, -0.05) is 11.1 Å². The third-order valence-corrected chi connectivity index (χ3v) is 3.07. The van der Waals surface area contributed by atoms with E-state index in [1.165, 1.54) is 44.9 Å². The van der Waals surface area contributed by atoms with E-state index in [1.807, 2.05) is 0 Å². The van der Waals surface area contributed by atoms with Gasteiger partial charge in [0.2, 0.25) is 0 Å². The van der Waals surface area contributed by atoms with Crippen molar-refractivity contribution in [3.8, 4) is 0 Å². The van der Waals surface area contributed by atoms with Gasteiger partial charge in [0.15, 0.2) is 0 Å². The van der Waals surface area contributed by atoms with Crippen molar-refractivity contribution < 1.29 is 0 Å². The average molecular weight is 151 g/mol. The highest BCUT2D eigenvalue weighted by molar-refractivity contribution is 5.24. The molecule has 2 saturated carbocycles. The van der Waals surface area contributed by atoms with Gasteiger partial charge in [0.1, 0.15) is 0 Å². The van der Waals surface area contributed by atoms with Crippen LogP contribution in [0.15, 0.2) is 11.1 Å². The molecule has 0 saturated heterocycles. The maximum atomic E-state index is 6.00. The fraction of sp³-hybridized carbons (Fsp3) is 0.800. The molecule has 0 aliphatic heterocycles. The summed E-state index contributed by atoms with van der Waals surface area (Å²) in [6.45, 7) is 0. The van der Waals surface area contributed by atoms with E-state index in [0.717, 1.165) is 0 Å². The summed E-state index contributed by atoms with van der Waals surface area (Å²) in [7, 11) is 0. The SMILES string of the molecule is NC1CCCC1=C1CCCC1. The van der Waals surface area contributed by atoms with E-state index in [4.69, 9.17) is 5.73 Å². The van der Waals surface area contributed by atoms with Crippen LogP contribution in [-0.2, 0) is 0 Å². The molecule has 1 heteroatoms. The minimum atomic E-state index is 0.433. The topological polar surface area (TPSA) is 26.0 Å². The summed E-state index contributed by atoms with van der Waals surface area (Å²) in [5.41, 5.74) is 9.35. The molecule has 0 aromatic heterocycles. The lowest BCUT2D eigenvalue weighted by Crippen LogP contribution is -2.17. The van der Waals surface area contributed by atoms with Crippen LogP contribution in [0, 0.1) is 0 Å². The van der Waals surface area contributed by atoms with Gasteiger partial charge < -0.3 is 5.73 Å². The molecule has 62 valence electrons. The minimum Gasteiger partial charge on any atom is -0.324 e. The van der Waals surface area contributed by atoms with Gasteiger partial charge in [0.05, 0.1) is 0 Å². The normalized spacial score (nSPS) is 31.9. The average Bonchev–Trinajstić information content (AvgIpc) is 2.55. The lowest BCUT2D eigenvalue weighted by atomic mass is 10.0. The summed E-state index contributed by atoms with van der Waals surface area (Å²) >= 11 is 0. The van der Waals surface area contributed by atoms with Gasteiger partial charge in [-0.15, -0.1) is 0 Å². The predicted octanol–water partition coefficient (Wildman–Crippen LogP) is 2.37. The van der Waals surface area contributed by atoms with Crippen LogP contribution in [0.2, 0.25) is 0 Å². The molecule has 2 N–H and O–H groups in total. The third kappa shape index (κ3) is 1.34. The summed E-state index contributed by atoms with van der Waals surface area (Å²) in [4.78, 5) is 0. The Balaban J connectivity index is 2.16. The molecular weight excluding hydrogens is 134 g/mol. The predicted molar refractivity (Wildman–Crippen MR) is 47.3 cm³/mol. The number of allylic oxidation sites excluding steroid dienone is 1. The minimum absolute atomic E-state index is 0.433. The summed E-state index contributed by atoms with van der Waals surface area (Å²) in [6, 6.07) is 0.433. The highest BCUT2D eigenvalue weighted by Crippen LogP contribution is 2.34. The van der Waals surface area contributed by atoms with Gasteiger partial charge in [0.25, 0.3) is 0 Å². The molecule has 0 aromatic carbocycles. The van der Waals surface area contributed by atoms with E-state index in [2.05, 4.69) is 0 Å². The molecule has 0 aromatic rings. The van der Waals surface area contributed by atoms with E-state index in [0.29, 0.717) is 6.04 Å². The molecule has 0 radical (unpaired) electrons. The Morgan fingerprint density at radius 2 is 1.73 bits per heavy atom. The Morgan fingerprint density at radius 3 is 2.27 bits per heavy atom. The zero-order chi connectivity index (χ0) is 7.68. The molecule has 1 nitrogen and oxygen atoms in total. The molecule has 2 rings (SSSR count). The van der Waals surface area contributed by atoms with Gasteiger partial charge in [-0.3, -0.25) is 0 Å². The van der Waals surface area contributed by atoms with Gasteiger partial charge in [-0.05, 0) is 44.9 Å². The van der Waals surface area contributed by atoms with Crippen molar-refractivity contribution in [3.63, 3.8) is 0 Å². The molecule has 2 aliphatic carbocycles. The van der Waals surface area contributed by atoms with Crippen molar-refractivity contribution in [3.05, 3.63) is 11.1 Å². The van der Waals surface area contributed by atoms with E-state index in [1.54, 1.807) is 11.1 Å². The first-order chi connectivity index (χ1) is 5.38. The second-order valence-electron chi connectivity index (χ2n) is 3.83. The summed E-state index contributed by atoms with van der Waals surface area (Å²) < 4.78 is 0. The summed E-state index contributed by atoms with van der Waals surface area (Å²) in [5, 5.41) is 0. The number of nitrogens with two attached hydrogens (primary N) is 1. The second kappa shape index (κ2) is 2.98. The van der Waals surface area contributed by atoms with Crippen LogP contribution < -0.4 is 5.73 Å². The van der Waals surface area contributed by atoms with Crippen molar-refractivity contribution in [1.29, 1.82) is 0 Å². The van der Waals surface area contributed by atoms with Crippen LogP contribution in [0.25, 0.3) is 0 Å². The van der Waals surface area contributed by atoms with Gasteiger partial charge in [-0.25, -0.2) is 0 Å². The van der Waals surface area contributed by atoms with Crippen LogP contribution in [0.4, 0.5) is 0 Å². The summed E-state index contributed by atoms with van der Waals surface area (Å²) in [5.74, 6) is 0. The molecule has 1 atom stereocenters. The maximum Gasteiger partial charge on any atom is 0.0256 e. The summed E-state index contributed by atoms with van der Waals surface area (Å²) in [6.07, 6.45) is 9.39. The van der Waals surface area contributed by atoms with E-state index >= 15 is 0 Å². The largest absolute Gasteiger partial charge is 0.324 e. The zero-order valence-electron chi connectivity index (χ0n) is 7.10. The van der Waals surface area contributed by atoms with Crippen molar-refractivity contribution >= 4 is 0 Å². The zero-order valence-corrected chi connectivity index (χ0v) is 7.10. The van der Waals surface area contributed by atoms with E-state index in [9.17, 15) is 0 Å². The maximum absolute atomic E-state index is 6.00. The fourth-order valence-corrected chi connectivity index (χ4v) is 2.43. The number of hydrogen-bond acceptors (Lipinski definition) is 1. The van der Waals surface area contributed by atoms with Gasteiger partial charge in [-0.2, -0.15) is 0 Å². The molecular formula is C10H17N. The van der Waals surface area contributed by atoms with Crippen LogP contribution >= 0.6 is 0 Å². The number of hydrogen-bond donors (Lipinski definition) is 1. The monoisotopic (exact) mass is 151 g/mol. The fourth-order valence-electron chi connectivity index (χ4n) is 2.43. The Morgan fingerprint density at radius 1 is 1.00 bits per heavy atom. The second-order valence-corrected chi connectivity index (χ2v) is 3.83. The van der Waals surface area contributed by atoms with Crippen LogP contribution in [0.3, 0.4) is 0 Å². The number of rotatable bonds is 0. The molecule has 11 heavy (non-hydrogen) atoms. The van der Waals surface area contributed by atoms with Crippen molar-refractivity contribution in [2.45, 2.75) is 51.0 Å². The Kier molecular flexibility index (Phi) is 1.99. The highest BCUT2D eigenvalue weighted by Gasteiger charge is 2.21. The lowest BCUT2D eigenvalue weighted by molar-refractivity contribution is 0.767. The first-order valence-corrected chi connectivity index (χ1v) is 4.84. The van der Waals surface area contributed by atoms with Crippen molar-refractivity contribution in [2.24, 2.45) is 5.73 Å². The van der Waals surface area contributed by atoms with Crippen molar-refractivity contribution in [1.82, 2.24) is 0 Å². The van der Waals surface area contributed by atoms with Gasteiger partial charge >= 0.3 is 0 Å². The molecule has 1 unspecified atom stereocenters. The van der Waals surface area contributed by atoms with E-state index < -0.39 is 0 Å². The van der Waals surface area contributed by atoms with Crippen LogP contribution in [0.1, 0.15) is 44.9 Å². The Hall–Kier alpha value is -0.300. The van der Waals surface area contributed by atoms with Gasteiger partial charge in [0, 0.05) is 6.04 Å². The Bertz CT molecular complexity index is 173. The third-order valence-electron chi connectivity index (χ3n) is 3.07. The Labute approximate surface area is 68.7 Å². The molecule has 2 fully saturated rings. The first-order valence-electron chi connectivity index (χ1n) is 4.84. The van der Waals surface area contributed by atoms with E-state index in [-0.39, 0.29) is 0 Å². The van der Waals surface area contributed by atoms with Crippen LogP contribution in [0.5, 0.6) is 0 Å². The molecule has 2 aliphatic rings. The standard InChI is InChI=1S/C10H17N/c11-10-7-3-6-9(10)8-4-1-2-5-8/h10H,1-7,11H2. The smallest absolute Gasteiger partial charge is 0.0256 e. The molecule has 0 bridgehead atoms. The molecule has 0 heterocycles. The van der Waals surface area contributed by atoms with Crippen LogP contribution in [-0.4, -0.2) is 6.04 Å².